The zero-order valence-electron chi connectivity index (χ0n) is 10.3. The van der Waals surface area contributed by atoms with Crippen molar-refractivity contribution >= 4 is 0 Å². The van der Waals surface area contributed by atoms with Gasteiger partial charge in [0.25, 0.3) is 0 Å². The third-order valence-corrected chi connectivity index (χ3v) is 2.47. The van der Waals surface area contributed by atoms with Gasteiger partial charge in [0.15, 0.2) is 0 Å². The van der Waals surface area contributed by atoms with Crippen LogP contribution in [-0.2, 0) is 11.7 Å². The number of hydrogen-bond donors (Lipinski definition) is 0. The Labute approximate surface area is 107 Å². The molecule has 1 radical (unpaired) electrons. The average molecular weight is 243 g/mol. The highest BCUT2D eigenvalue weighted by molar-refractivity contribution is 5.40. The third-order valence-electron chi connectivity index (χ3n) is 2.47. The molecule has 3 nitrogen and oxygen atoms in total. The first-order valence-corrected chi connectivity index (χ1v) is 5.90. The summed E-state index contributed by atoms with van der Waals surface area (Å²) in [6.07, 6.45) is 0. The molecule has 0 fully saturated rings. The molecule has 0 aromatic heterocycles. The van der Waals surface area contributed by atoms with Crippen LogP contribution in [0.5, 0.6) is 17.2 Å². The molecule has 93 valence electrons. The molecular formula is C15H15O3. The predicted molar refractivity (Wildman–Crippen MR) is 68.5 cm³/mol. The van der Waals surface area contributed by atoms with E-state index in [4.69, 9.17) is 9.47 Å². The Morgan fingerprint density at radius 3 is 2.56 bits per heavy atom. The molecular weight excluding hydrogens is 228 g/mol. The summed E-state index contributed by atoms with van der Waals surface area (Å²) in [5.74, 6) is 2.03. The van der Waals surface area contributed by atoms with Crippen LogP contribution in [0.1, 0.15) is 12.5 Å². The number of hydrogen-bond acceptors (Lipinski definition) is 2. The van der Waals surface area contributed by atoms with E-state index in [1.807, 2.05) is 43.3 Å². The first-order chi connectivity index (χ1) is 8.83. The molecule has 2 aromatic rings. The van der Waals surface area contributed by atoms with Crippen LogP contribution in [0, 0.1) is 0 Å². The van der Waals surface area contributed by atoms with Crippen LogP contribution in [0.3, 0.4) is 0 Å². The quantitative estimate of drug-likeness (QED) is 0.800. The van der Waals surface area contributed by atoms with Crippen molar-refractivity contribution < 1.29 is 14.6 Å². The lowest BCUT2D eigenvalue weighted by Crippen LogP contribution is -1.93. The minimum absolute atomic E-state index is 0.290. The van der Waals surface area contributed by atoms with Crippen LogP contribution >= 0.6 is 0 Å². The second-order valence-electron chi connectivity index (χ2n) is 3.76. The van der Waals surface area contributed by atoms with E-state index >= 15 is 0 Å². The van der Waals surface area contributed by atoms with E-state index < -0.39 is 0 Å². The summed E-state index contributed by atoms with van der Waals surface area (Å²) in [4.78, 5) is 0. The van der Waals surface area contributed by atoms with Gasteiger partial charge in [0.05, 0.1) is 6.61 Å². The predicted octanol–water partition coefficient (Wildman–Crippen LogP) is 3.81. The van der Waals surface area contributed by atoms with Gasteiger partial charge in [0.2, 0.25) is 0 Å². The highest BCUT2D eigenvalue weighted by Crippen LogP contribution is 2.27. The standard InChI is InChI=1S/C15H15O3/c1-2-17-13-7-5-8-14(10-13)18-15-9-4-3-6-12(15)11-16/h3-10H,2,11H2,1H3. The monoisotopic (exact) mass is 243 g/mol. The molecule has 0 unspecified atom stereocenters. The maximum atomic E-state index is 11.0. The van der Waals surface area contributed by atoms with Gasteiger partial charge in [-0.1, -0.05) is 24.3 Å². The number of benzene rings is 2. The van der Waals surface area contributed by atoms with E-state index in [9.17, 15) is 5.11 Å². The Morgan fingerprint density at radius 2 is 1.78 bits per heavy atom. The first kappa shape index (κ1) is 12.5. The molecule has 2 rings (SSSR count). The Balaban J connectivity index is 2.20. The lowest BCUT2D eigenvalue weighted by atomic mass is 10.2. The molecule has 0 spiro atoms. The van der Waals surface area contributed by atoms with Crippen LogP contribution in [0.4, 0.5) is 0 Å². The van der Waals surface area contributed by atoms with Crippen molar-refractivity contribution in [3.05, 3.63) is 54.1 Å². The Bertz CT molecular complexity index is 509. The minimum Gasteiger partial charge on any atom is -0.494 e. The van der Waals surface area contributed by atoms with E-state index in [0.717, 1.165) is 5.75 Å². The molecule has 0 aliphatic rings. The smallest absolute Gasteiger partial charge is 0.133 e. The van der Waals surface area contributed by atoms with Gasteiger partial charge in [0, 0.05) is 11.6 Å². The van der Waals surface area contributed by atoms with Crippen LogP contribution < -0.4 is 9.47 Å². The van der Waals surface area contributed by atoms with Gasteiger partial charge in [0.1, 0.15) is 23.9 Å². The largest absolute Gasteiger partial charge is 0.494 e. The molecule has 0 saturated heterocycles. The zero-order chi connectivity index (χ0) is 12.8. The first-order valence-electron chi connectivity index (χ1n) is 5.90. The third kappa shape index (κ3) is 3.02. The van der Waals surface area contributed by atoms with Crippen LogP contribution in [-0.4, -0.2) is 6.61 Å². The summed E-state index contributed by atoms with van der Waals surface area (Å²) in [6, 6.07) is 14.6. The Hall–Kier alpha value is -2.00. The highest BCUT2D eigenvalue weighted by Gasteiger charge is 2.04. The van der Waals surface area contributed by atoms with E-state index in [-0.39, 0.29) is 6.61 Å². The fourth-order valence-corrected chi connectivity index (χ4v) is 1.64. The van der Waals surface area contributed by atoms with Crippen molar-refractivity contribution in [3.63, 3.8) is 0 Å². The van der Waals surface area contributed by atoms with E-state index in [2.05, 4.69) is 0 Å². The molecule has 18 heavy (non-hydrogen) atoms. The Morgan fingerprint density at radius 1 is 1.00 bits per heavy atom. The average Bonchev–Trinajstić information content (AvgIpc) is 2.40. The van der Waals surface area contributed by atoms with Crippen molar-refractivity contribution in [1.82, 2.24) is 0 Å². The molecule has 0 aliphatic carbocycles. The molecule has 3 heteroatoms. The summed E-state index contributed by atoms with van der Waals surface area (Å²) >= 11 is 0. The minimum atomic E-state index is -0.290. The summed E-state index contributed by atoms with van der Waals surface area (Å²) < 4.78 is 11.1. The van der Waals surface area contributed by atoms with Gasteiger partial charge in [-0.3, -0.25) is 0 Å². The molecule has 0 N–H and O–H groups in total. The molecule has 0 saturated carbocycles. The maximum absolute atomic E-state index is 11.0. The molecule has 0 atom stereocenters. The SMILES string of the molecule is CCOc1cccc(Oc2ccccc2C[O])c1. The Kier molecular flexibility index (Phi) is 4.20. The molecule has 0 amide bonds. The van der Waals surface area contributed by atoms with Gasteiger partial charge in [-0.25, -0.2) is 5.11 Å². The van der Waals surface area contributed by atoms with Crippen LogP contribution in [0.25, 0.3) is 0 Å². The normalized spacial score (nSPS) is 10.1. The number of para-hydroxylation sites is 1. The lowest BCUT2D eigenvalue weighted by Gasteiger charge is -2.10. The summed E-state index contributed by atoms with van der Waals surface area (Å²) in [5, 5.41) is 11.0. The topological polar surface area (TPSA) is 38.4 Å². The summed E-state index contributed by atoms with van der Waals surface area (Å²) in [6.45, 7) is 2.25. The highest BCUT2D eigenvalue weighted by atomic mass is 16.5. The van der Waals surface area contributed by atoms with Crippen molar-refractivity contribution in [3.8, 4) is 17.2 Å². The van der Waals surface area contributed by atoms with E-state index in [0.29, 0.717) is 23.7 Å². The van der Waals surface area contributed by atoms with Crippen molar-refractivity contribution in [2.75, 3.05) is 6.61 Å². The maximum Gasteiger partial charge on any atom is 0.133 e. The van der Waals surface area contributed by atoms with Gasteiger partial charge in [-0.15, -0.1) is 0 Å². The fourth-order valence-electron chi connectivity index (χ4n) is 1.64. The molecule has 0 aliphatic heterocycles. The van der Waals surface area contributed by atoms with Gasteiger partial charge >= 0.3 is 0 Å². The van der Waals surface area contributed by atoms with Crippen molar-refractivity contribution in [2.45, 2.75) is 13.5 Å². The fraction of sp³-hybridized carbons (Fsp3) is 0.200. The van der Waals surface area contributed by atoms with Gasteiger partial charge in [-0.2, -0.15) is 0 Å². The van der Waals surface area contributed by atoms with Gasteiger partial charge in [-0.05, 0) is 25.1 Å². The van der Waals surface area contributed by atoms with Gasteiger partial charge < -0.3 is 9.47 Å². The summed E-state index contributed by atoms with van der Waals surface area (Å²) in [7, 11) is 0. The van der Waals surface area contributed by atoms with E-state index in [1.165, 1.54) is 0 Å². The molecule has 0 heterocycles. The zero-order valence-corrected chi connectivity index (χ0v) is 10.3. The second kappa shape index (κ2) is 6.07. The van der Waals surface area contributed by atoms with Crippen LogP contribution in [0.15, 0.2) is 48.5 Å². The van der Waals surface area contributed by atoms with Crippen LogP contribution in [0.2, 0.25) is 0 Å². The van der Waals surface area contributed by atoms with E-state index in [1.54, 1.807) is 12.1 Å². The summed E-state index contributed by atoms with van der Waals surface area (Å²) in [5.41, 5.74) is 0.652. The molecule has 2 aromatic carbocycles. The number of rotatable bonds is 5. The van der Waals surface area contributed by atoms with Crippen molar-refractivity contribution in [1.29, 1.82) is 0 Å². The molecule has 0 bridgehead atoms. The second-order valence-corrected chi connectivity index (χ2v) is 3.76. The number of ether oxygens (including phenoxy) is 2. The van der Waals surface area contributed by atoms with Crippen molar-refractivity contribution in [2.24, 2.45) is 0 Å². The lowest BCUT2D eigenvalue weighted by molar-refractivity contribution is 0.175.